The number of rotatable bonds is 4. The van der Waals surface area contributed by atoms with Gasteiger partial charge in [-0.25, -0.2) is 0 Å². The SMILES string of the molecule is Cc1ccc(N2C(=O)/C(=C/c3cc([N+](=O)[O-])ccc3Cl)C(=O)N(c3ccccc3)C2=S)cc1C. The van der Waals surface area contributed by atoms with Crippen molar-refractivity contribution >= 4 is 63.9 Å². The first-order chi connectivity index (χ1) is 16.2. The van der Waals surface area contributed by atoms with Crippen molar-refractivity contribution in [2.75, 3.05) is 9.80 Å². The fraction of sp³-hybridized carbons (Fsp3) is 0.0800. The highest BCUT2D eigenvalue weighted by atomic mass is 35.5. The number of carbonyl (C=O) groups is 2. The van der Waals surface area contributed by atoms with Crippen LogP contribution in [0.3, 0.4) is 0 Å². The largest absolute Gasteiger partial charge is 0.270 e. The fourth-order valence-corrected chi connectivity index (χ4v) is 4.09. The smallest absolute Gasteiger partial charge is 0.268 e. The molecule has 1 aliphatic rings. The lowest BCUT2D eigenvalue weighted by molar-refractivity contribution is -0.384. The molecule has 7 nitrogen and oxygen atoms in total. The number of benzene rings is 3. The van der Waals surface area contributed by atoms with Gasteiger partial charge in [0.05, 0.1) is 16.3 Å². The highest BCUT2D eigenvalue weighted by Crippen LogP contribution is 2.32. The Balaban J connectivity index is 1.91. The summed E-state index contributed by atoms with van der Waals surface area (Å²) < 4.78 is 0. The Morgan fingerprint density at radius 2 is 1.53 bits per heavy atom. The van der Waals surface area contributed by atoms with E-state index in [-0.39, 0.29) is 27.0 Å². The number of nitro groups is 1. The van der Waals surface area contributed by atoms with Crippen molar-refractivity contribution in [3.63, 3.8) is 0 Å². The van der Waals surface area contributed by atoms with Gasteiger partial charge in [-0.2, -0.15) is 0 Å². The van der Waals surface area contributed by atoms with Crippen LogP contribution in [0.2, 0.25) is 5.02 Å². The number of halogens is 1. The molecule has 2 amide bonds. The van der Waals surface area contributed by atoms with Gasteiger partial charge in [0.1, 0.15) is 5.57 Å². The monoisotopic (exact) mass is 491 g/mol. The van der Waals surface area contributed by atoms with E-state index in [0.29, 0.717) is 11.4 Å². The number of carbonyl (C=O) groups excluding carboxylic acids is 2. The number of nitrogens with zero attached hydrogens (tertiary/aromatic N) is 3. The van der Waals surface area contributed by atoms with E-state index < -0.39 is 16.7 Å². The van der Waals surface area contributed by atoms with Crippen molar-refractivity contribution in [1.82, 2.24) is 0 Å². The zero-order chi connectivity index (χ0) is 24.6. The van der Waals surface area contributed by atoms with Crippen molar-refractivity contribution in [3.05, 3.63) is 104 Å². The van der Waals surface area contributed by atoms with Gasteiger partial charge in [0.15, 0.2) is 5.11 Å². The van der Waals surface area contributed by atoms with Gasteiger partial charge in [0.2, 0.25) is 0 Å². The molecule has 0 aromatic heterocycles. The number of para-hydroxylation sites is 1. The van der Waals surface area contributed by atoms with Crippen LogP contribution in [0.5, 0.6) is 0 Å². The number of non-ortho nitro benzene ring substituents is 1. The average Bonchev–Trinajstić information content (AvgIpc) is 2.80. The third-order valence-electron chi connectivity index (χ3n) is 5.50. The van der Waals surface area contributed by atoms with Gasteiger partial charge in [-0.3, -0.25) is 29.5 Å². The number of hydrogen-bond acceptors (Lipinski definition) is 5. The Labute approximate surface area is 206 Å². The second-order valence-electron chi connectivity index (χ2n) is 7.69. The average molecular weight is 492 g/mol. The molecule has 3 aromatic rings. The molecule has 0 N–H and O–H groups in total. The Hall–Kier alpha value is -3.88. The maximum absolute atomic E-state index is 13.6. The van der Waals surface area contributed by atoms with Crippen LogP contribution in [0.15, 0.2) is 72.3 Å². The minimum absolute atomic E-state index is 0.00624. The van der Waals surface area contributed by atoms with Crippen molar-refractivity contribution in [3.8, 4) is 0 Å². The highest BCUT2D eigenvalue weighted by Gasteiger charge is 2.41. The summed E-state index contributed by atoms with van der Waals surface area (Å²) in [5.74, 6) is -1.29. The van der Waals surface area contributed by atoms with Crippen LogP contribution in [-0.4, -0.2) is 21.9 Å². The van der Waals surface area contributed by atoms with Crippen molar-refractivity contribution in [2.24, 2.45) is 0 Å². The Morgan fingerprint density at radius 3 is 2.15 bits per heavy atom. The van der Waals surface area contributed by atoms with Crippen LogP contribution in [0, 0.1) is 24.0 Å². The molecule has 0 unspecified atom stereocenters. The summed E-state index contributed by atoms with van der Waals surface area (Å²) in [4.78, 5) is 40.3. The van der Waals surface area contributed by atoms with E-state index in [0.717, 1.165) is 11.1 Å². The maximum Gasteiger partial charge on any atom is 0.270 e. The molecule has 170 valence electrons. The molecule has 9 heteroatoms. The molecule has 4 rings (SSSR count). The molecule has 0 atom stereocenters. The van der Waals surface area contributed by atoms with E-state index in [1.54, 1.807) is 36.4 Å². The molecule has 0 saturated carbocycles. The number of anilines is 2. The topological polar surface area (TPSA) is 83.8 Å². The normalized spacial score (nSPS) is 15.3. The highest BCUT2D eigenvalue weighted by molar-refractivity contribution is 7.81. The summed E-state index contributed by atoms with van der Waals surface area (Å²) in [6, 6.07) is 18.0. The van der Waals surface area contributed by atoms with Crippen molar-refractivity contribution in [1.29, 1.82) is 0 Å². The molecule has 1 aliphatic heterocycles. The standard InChI is InChI=1S/C25H18ClN3O4S/c1-15-8-9-19(12-16(15)2)28-24(31)21(14-17-13-20(29(32)33)10-11-22(17)26)23(30)27(25(28)34)18-6-4-3-5-7-18/h3-14H,1-2H3/b21-14+. The summed E-state index contributed by atoms with van der Waals surface area (Å²) in [7, 11) is 0. The van der Waals surface area contributed by atoms with E-state index in [1.807, 2.05) is 26.0 Å². The predicted octanol–water partition coefficient (Wildman–Crippen LogP) is 5.61. The van der Waals surface area contributed by atoms with E-state index in [2.05, 4.69) is 0 Å². The van der Waals surface area contributed by atoms with Crippen molar-refractivity contribution in [2.45, 2.75) is 13.8 Å². The number of aryl methyl sites for hydroxylation is 2. The molecule has 1 saturated heterocycles. The lowest BCUT2D eigenvalue weighted by Crippen LogP contribution is -2.57. The molecule has 34 heavy (non-hydrogen) atoms. The van der Waals surface area contributed by atoms with Crippen LogP contribution >= 0.6 is 23.8 Å². The fourth-order valence-electron chi connectivity index (χ4n) is 3.54. The molecular formula is C25H18ClN3O4S. The van der Waals surface area contributed by atoms with Gasteiger partial charge in [0, 0.05) is 22.7 Å². The predicted molar refractivity (Wildman–Crippen MR) is 136 cm³/mol. The summed E-state index contributed by atoms with van der Waals surface area (Å²) in [5, 5.41) is 11.4. The molecule has 3 aromatic carbocycles. The number of nitro benzene ring substituents is 1. The van der Waals surface area contributed by atoms with Crippen LogP contribution < -0.4 is 9.80 Å². The van der Waals surface area contributed by atoms with Gasteiger partial charge in [-0.1, -0.05) is 35.9 Å². The first kappa shape index (κ1) is 23.3. The summed E-state index contributed by atoms with van der Waals surface area (Å²) >= 11 is 11.9. The van der Waals surface area contributed by atoms with Gasteiger partial charge in [-0.15, -0.1) is 0 Å². The summed E-state index contributed by atoms with van der Waals surface area (Å²) in [6.07, 6.45) is 1.27. The van der Waals surface area contributed by atoms with Gasteiger partial charge < -0.3 is 0 Å². The zero-order valence-electron chi connectivity index (χ0n) is 18.2. The van der Waals surface area contributed by atoms with Crippen LogP contribution in [0.4, 0.5) is 17.1 Å². The quantitative estimate of drug-likeness (QED) is 0.156. The van der Waals surface area contributed by atoms with E-state index in [1.165, 1.54) is 34.1 Å². The van der Waals surface area contributed by atoms with Crippen LogP contribution in [0.1, 0.15) is 16.7 Å². The second-order valence-corrected chi connectivity index (χ2v) is 8.46. The van der Waals surface area contributed by atoms with E-state index in [9.17, 15) is 19.7 Å². The molecule has 1 fully saturated rings. The first-order valence-electron chi connectivity index (χ1n) is 10.2. The number of thiocarbonyl (C=S) groups is 1. The minimum Gasteiger partial charge on any atom is -0.268 e. The molecule has 0 bridgehead atoms. The molecule has 1 heterocycles. The van der Waals surface area contributed by atoms with Gasteiger partial charge in [0.25, 0.3) is 17.5 Å². The van der Waals surface area contributed by atoms with Crippen molar-refractivity contribution < 1.29 is 14.5 Å². The third-order valence-corrected chi connectivity index (χ3v) is 6.21. The molecule has 0 spiro atoms. The van der Waals surface area contributed by atoms with E-state index >= 15 is 0 Å². The minimum atomic E-state index is -0.649. The lowest BCUT2D eigenvalue weighted by Gasteiger charge is -2.36. The maximum atomic E-state index is 13.6. The molecular weight excluding hydrogens is 474 g/mol. The molecule has 0 radical (unpaired) electrons. The lowest BCUT2D eigenvalue weighted by atomic mass is 10.0. The first-order valence-corrected chi connectivity index (χ1v) is 11.0. The number of amides is 2. The van der Waals surface area contributed by atoms with Gasteiger partial charge >= 0.3 is 0 Å². The van der Waals surface area contributed by atoms with Crippen LogP contribution in [-0.2, 0) is 9.59 Å². The summed E-state index contributed by atoms with van der Waals surface area (Å²) in [5.41, 5.74) is 2.70. The van der Waals surface area contributed by atoms with Crippen LogP contribution in [0.25, 0.3) is 6.08 Å². The number of hydrogen-bond donors (Lipinski definition) is 0. The Kier molecular flexibility index (Phi) is 6.28. The zero-order valence-corrected chi connectivity index (χ0v) is 19.8. The van der Waals surface area contributed by atoms with Gasteiger partial charge in [-0.05, 0) is 73.6 Å². The molecule has 0 aliphatic carbocycles. The second kappa shape index (κ2) is 9.17. The Morgan fingerprint density at radius 1 is 0.882 bits per heavy atom. The third kappa shape index (κ3) is 4.21. The van der Waals surface area contributed by atoms with E-state index in [4.69, 9.17) is 23.8 Å². The summed E-state index contributed by atoms with van der Waals surface area (Å²) in [6.45, 7) is 3.86. The Bertz CT molecular complexity index is 1390.